The molecular weight excluding hydrogens is 287 g/mol. The van der Waals surface area contributed by atoms with Crippen LogP contribution in [-0.4, -0.2) is 38.5 Å². The third-order valence-electron chi connectivity index (χ3n) is 3.59. The molecule has 0 bridgehead atoms. The van der Waals surface area contributed by atoms with E-state index in [2.05, 4.69) is 27.4 Å². The minimum atomic E-state index is -1.10. The number of aliphatic hydroxyl groups is 1. The molecule has 114 valence electrons. The molecule has 0 atom stereocenters. The van der Waals surface area contributed by atoms with Gasteiger partial charge in [-0.2, -0.15) is 0 Å². The van der Waals surface area contributed by atoms with E-state index in [0.29, 0.717) is 37.4 Å². The van der Waals surface area contributed by atoms with Crippen molar-refractivity contribution < 1.29 is 14.2 Å². The summed E-state index contributed by atoms with van der Waals surface area (Å²) in [6.45, 7) is 1.11. The fourth-order valence-electron chi connectivity index (χ4n) is 2.35. The van der Waals surface area contributed by atoms with Crippen molar-refractivity contribution in [2.24, 2.45) is 0 Å². The molecule has 2 heterocycles. The number of hydrogen-bond acceptors (Lipinski definition) is 5. The molecule has 22 heavy (non-hydrogen) atoms. The highest BCUT2D eigenvalue weighted by Crippen LogP contribution is 2.29. The number of nitrogens with zero attached hydrogens (tertiary/aromatic N) is 4. The third kappa shape index (κ3) is 2.98. The molecule has 2 aromatic rings. The van der Waals surface area contributed by atoms with E-state index in [-0.39, 0.29) is 12.4 Å². The monoisotopic (exact) mass is 302 g/mol. The number of ether oxygens (including phenoxy) is 1. The standard InChI is InChI=1S/C15H15FN4O2/c16-13-6-2-1-4-12(13)5-3-9-20-14(17-18-19-20)15(21)7-10-22-11-8-15/h1-2,4,6,21H,7-11H2. The molecule has 0 spiro atoms. The topological polar surface area (TPSA) is 73.1 Å². The number of benzene rings is 1. The van der Waals surface area contributed by atoms with Crippen LogP contribution in [0.1, 0.15) is 24.2 Å². The second kappa shape index (κ2) is 6.22. The molecule has 1 aromatic heterocycles. The molecule has 6 nitrogen and oxygen atoms in total. The smallest absolute Gasteiger partial charge is 0.184 e. The van der Waals surface area contributed by atoms with Crippen LogP contribution in [0.3, 0.4) is 0 Å². The number of rotatable bonds is 2. The van der Waals surface area contributed by atoms with Crippen LogP contribution in [0, 0.1) is 17.7 Å². The summed E-state index contributed by atoms with van der Waals surface area (Å²) < 4.78 is 20.2. The molecule has 3 rings (SSSR count). The van der Waals surface area contributed by atoms with Crippen molar-refractivity contribution in [1.29, 1.82) is 0 Å². The first-order valence-electron chi connectivity index (χ1n) is 6.99. The predicted octanol–water partition coefficient (Wildman–Crippen LogP) is 0.862. The Morgan fingerprint density at radius 3 is 2.86 bits per heavy atom. The average molecular weight is 302 g/mol. The Bertz CT molecular complexity index is 714. The summed E-state index contributed by atoms with van der Waals surface area (Å²) in [6.07, 6.45) is 0.877. The molecule has 0 saturated carbocycles. The van der Waals surface area contributed by atoms with Gasteiger partial charge >= 0.3 is 0 Å². The highest BCUT2D eigenvalue weighted by atomic mass is 19.1. The summed E-state index contributed by atoms with van der Waals surface area (Å²) >= 11 is 0. The maximum absolute atomic E-state index is 13.5. The Balaban J connectivity index is 1.78. The van der Waals surface area contributed by atoms with E-state index in [1.807, 2.05) is 0 Å². The first kappa shape index (κ1) is 14.6. The Hall–Kier alpha value is -2.30. The summed E-state index contributed by atoms with van der Waals surface area (Å²) in [5.74, 6) is 5.58. The molecule has 0 unspecified atom stereocenters. The highest BCUT2D eigenvalue weighted by Gasteiger charge is 2.37. The van der Waals surface area contributed by atoms with Crippen LogP contribution in [0.15, 0.2) is 24.3 Å². The number of tetrazole rings is 1. The van der Waals surface area contributed by atoms with Gasteiger partial charge < -0.3 is 9.84 Å². The fourth-order valence-corrected chi connectivity index (χ4v) is 2.35. The van der Waals surface area contributed by atoms with Crippen LogP contribution in [0.2, 0.25) is 0 Å². The zero-order valence-corrected chi connectivity index (χ0v) is 11.9. The molecule has 1 aromatic carbocycles. The third-order valence-corrected chi connectivity index (χ3v) is 3.59. The largest absolute Gasteiger partial charge is 0.382 e. The predicted molar refractivity (Wildman–Crippen MR) is 75.0 cm³/mol. The minimum Gasteiger partial charge on any atom is -0.382 e. The minimum absolute atomic E-state index is 0.180. The van der Waals surface area contributed by atoms with Gasteiger partial charge in [-0.05, 0) is 22.6 Å². The second-order valence-corrected chi connectivity index (χ2v) is 5.09. The quantitative estimate of drug-likeness (QED) is 0.833. The first-order chi connectivity index (χ1) is 10.7. The Morgan fingerprint density at radius 2 is 2.09 bits per heavy atom. The molecule has 1 fully saturated rings. The molecule has 1 aliphatic heterocycles. The van der Waals surface area contributed by atoms with Crippen LogP contribution in [0.4, 0.5) is 4.39 Å². The number of hydrogen-bond donors (Lipinski definition) is 1. The summed E-state index contributed by atoms with van der Waals surface area (Å²) in [5.41, 5.74) is -0.775. The van der Waals surface area contributed by atoms with Crippen LogP contribution >= 0.6 is 0 Å². The van der Waals surface area contributed by atoms with E-state index >= 15 is 0 Å². The summed E-state index contributed by atoms with van der Waals surface area (Å²) in [6, 6.07) is 6.30. The van der Waals surface area contributed by atoms with Crippen LogP contribution < -0.4 is 0 Å². The normalized spacial score (nSPS) is 16.8. The van der Waals surface area contributed by atoms with Gasteiger partial charge in [0, 0.05) is 26.1 Å². The van der Waals surface area contributed by atoms with E-state index in [1.165, 1.54) is 10.7 Å². The van der Waals surface area contributed by atoms with Crippen LogP contribution in [0.5, 0.6) is 0 Å². The molecule has 0 radical (unpaired) electrons. The summed E-state index contributed by atoms with van der Waals surface area (Å²) in [4.78, 5) is 0. The molecule has 0 aliphatic carbocycles. The van der Waals surface area contributed by atoms with E-state index in [1.54, 1.807) is 18.2 Å². The van der Waals surface area contributed by atoms with Gasteiger partial charge in [-0.25, -0.2) is 9.07 Å². The molecule has 1 aliphatic rings. The van der Waals surface area contributed by atoms with Gasteiger partial charge in [0.25, 0.3) is 0 Å². The Labute approximate surface area is 126 Å². The Kier molecular flexibility index (Phi) is 4.13. The second-order valence-electron chi connectivity index (χ2n) is 5.09. The molecule has 0 amide bonds. The van der Waals surface area contributed by atoms with Crippen molar-refractivity contribution in [2.75, 3.05) is 13.2 Å². The molecule has 1 saturated heterocycles. The van der Waals surface area contributed by atoms with Crippen molar-refractivity contribution in [3.05, 3.63) is 41.5 Å². The molecular formula is C15H15FN4O2. The SMILES string of the molecule is OC1(c2nnnn2CC#Cc2ccccc2F)CCOCC1. The van der Waals surface area contributed by atoms with Gasteiger partial charge in [0.05, 0.1) is 5.56 Å². The lowest BCUT2D eigenvalue weighted by Crippen LogP contribution is -2.36. The van der Waals surface area contributed by atoms with Crippen LogP contribution in [0.25, 0.3) is 0 Å². The van der Waals surface area contributed by atoms with Gasteiger partial charge in [0.1, 0.15) is 18.0 Å². The van der Waals surface area contributed by atoms with Crippen LogP contribution in [-0.2, 0) is 16.9 Å². The number of aromatic nitrogens is 4. The van der Waals surface area contributed by atoms with Crippen molar-refractivity contribution in [3.63, 3.8) is 0 Å². The zero-order chi connectivity index (χ0) is 15.4. The van der Waals surface area contributed by atoms with Crippen molar-refractivity contribution in [3.8, 4) is 11.8 Å². The Morgan fingerprint density at radius 1 is 1.32 bits per heavy atom. The fraction of sp³-hybridized carbons (Fsp3) is 0.400. The molecule has 1 N–H and O–H groups in total. The van der Waals surface area contributed by atoms with E-state index < -0.39 is 5.60 Å². The van der Waals surface area contributed by atoms with Gasteiger partial charge in [-0.15, -0.1) is 5.10 Å². The van der Waals surface area contributed by atoms with E-state index in [4.69, 9.17) is 4.74 Å². The summed E-state index contributed by atoms with van der Waals surface area (Å²) in [7, 11) is 0. The van der Waals surface area contributed by atoms with Gasteiger partial charge in [-0.3, -0.25) is 0 Å². The highest BCUT2D eigenvalue weighted by molar-refractivity contribution is 5.35. The van der Waals surface area contributed by atoms with Gasteiger partial charge in [0.15, 0.2) is 5.82 Å². The van der Waals surface area contributed by atoms with Gasteiger partial charge in [-0.1, -0.05) is 24.0 Å². The lowest BCUT2D eigenvalue weighted by Gasteiger charge is -2.30. The lowest BCUT2D eigenvalue weighted by atomic mass is 9.93. The summed E-state index contributed by atoms with van der Waals surface area (Å²) in [5, 5.41) is 22.0. The maximum Gasteiger partial charge on any atom is 0.184 e. The maximum atomic E-state index is 13.5. The lowest BCUT2D eigenvalue weighted by molar-refractivity contribution is -0.0756. The first-order valence-corrected chi connectivity index (χ1v) is 6.99. The zero-order valence-electron chi connectivity index (χ0n) is 11.9. The van der Waals surface area contributed by atoms with Crippen molar-refractivity contribution in [1.82, 2.24) is 20.2 Å². The molecule has 7 heteroatoms. The average Bonchev–Trinajstić information content (AvgIpc) is 2.99. The van der Waals surface area contributed by atoms with E-state index in [9.17, 15) is 9.50 Å². The van der Waals surface area contributed by atoms with Gasteiger partial charge in [0.2, 0.25) is 0 Å². The van der Waals surface area contributed by atoms with Crippen molar-refractivity contribution >= 4 is 0 Å². The van der Waals surface area contributed by atoms with E-state index in [0.717, 1.165) is 0 Å². The van der Waals surface area contributed by atoms with Crippen molar-refractivity contribution in [2.45, 2.75) is 25.0 Å². The number of halogens is 1.